The van der Waals surface area contributed by atoms with Crippen LogP contribution in [0.5, 0.6) is 0 Å². The van der Waals surface area contributed by atoms with Gasteiger partial charge in [0.05, 0.1) is 45.3 Å². The number of rotatable bonds is 35. The Labute approximate surface area is 432 Å². The number of unbranched alkanes of at least 4 members (excludes halogenated alkanes) is 1. The van der Waals surface area contributed by atoms with Gasteiger partial charge in [-0.15, -0.1) is 0 Å². The number of aliphatic hydroxyl groups is 2. The number of amides is 9. The van der Waals surface area contributed by atoms with Crippen molar-refractivity contribution in [2.75, 3.05) is 45.9 Å². The molecule has 0 bridgehead atoms. The SMILES string of the molecule is NCCCC[C@H](N)C(=O)NCC(=O)NCC(=O)N[C@@H](CO)C(=O)NCC(=O)N[C@@H](CC(=O)O)C(=O)N[C@@H](CC1CCCCC1)C(=O)N[C@@H](Cc1ccccc1)C(=O)N[C@H](CO)C(=O)N[C@H](CCCN=C(N)N)C(=O)O. The summed E-state index contributed by atoms with van der Waals surface area (Å²) in [5.41, 5.74) is 22.3. The number of hydrogen-bond donors (Lipinski definition) is 17. The minimum atomic E-state index is -1.84. The van der Waals surface area contributed by atoms with Gasteiger partial charge in [0.15, 0.2) is 5.96 Å². The molecule has 1 aromatic rings. The summed E-state index contributed by atoms with van der Waals surface area (Å²) < 4.78 is 0. The zero-order chi connectivity index (χ0) is 55.9. The van der Waals surface area contributed by atoms with Crippen LogP contribution in [0.2, 0.25) is 0 Å². The Morgan fingerprint density at radius 3 is 1.69 bits per heavy atom. The van der Waals surface area contributed by atoms with Gasteiger partial charge in [-0.25, -0.2) is 4.79 Å². The molecule has 2 rings (SSSR count). The molecule has 418 valence electrons. The highest BCUT2D eigenvalue weighted by Crippen LogP contribution is 2.27. The predicted octanol–water partition coefficient (Wildman–Crippen LogP) is -6.49. The van der Waals surface area contributed by atoms with Crippen molar-refractivity contribution in [1.82, 2.24) is 47.9 Å². The molecule has 1 aliphatic carbocycles. The third-order valence-electron chi connectivity index (χ3n) is 11.7. The van der Waals surface area contributed by atoms with Crippen molar-refractivity contribution in [3.63, 3.8) is 0 Å². The van der Waals surface area contributed by atoms with Crippen LogP contribution in [0, 0.1) is 5.92 Å². The lowest BCUT2D eigenvalue weighted by Gasteiger charge is -2.29. The fourth-order valence-corrected chi connectivity index (χ4v) is 7.63. The van der Waals surface area contributed by atoms with E-state index in [2.05, 4.69) is 52.8 Å². The first kappa shape index (κ1) is 63.6. The fourth-order valence-electron chi connectivity index (χ4n) is 7.63. The maximum absolute atomic E-state index is 14.3. The molecule has 0 radical (unpaired) electrons. The molecule has 0 saturated heterocycles. The molecule has 7 atom stereocenters. The van der Waals surface area contributed by atoms with Crippen LogP contribution in [0.15, 0.2) is 35.3 Å². The normalized spacial score (nSPS) is 15.0. The minimum absolute atomic E-state index is 0.0155. The number of carbonyl (C=O) groups is 11. The Kier molecular flexibility index (Phi) is 29.5. The van der Waals surface area contributed by atoms with Crippen molar-refractivity contribution in [1.29, 1.82) is 0 Å². The van der Waals surface area contributed by atoms with Gasteiger partial charge in [0.1, 0.15) is 36.3 Å². The van der Waals surface area contributed by atoms with E-state index in [9.17, 15) is 73.2 Å². The van der Waals surface area contributed by atoms with Crippen LogP contribution < -0.4 is 70.8 Å². The second kappa shape index (κ2) is 34.8. The zero-order valence-electron chi connectivity index (χ0n) is 41.7. The number of aliphatic hydroxyl groups excluding tert-OH is 2. The van der Waals surface area contributed by atoms with E-state index in [1.807, 2.05) is 0 Å². The number of benzene rings is 1. The van der Waals surface area contributed by atoms with Crippen molar-refractivity contribution in [2.24, 2.45) is 33.8 Å². The lowest BCUT2D eigenvalue weighted by atomic mass is 9.84. The lowest BCUT2D eigenvalue weighted by molar-refractivity contribution is -0.143. The summed E-state index contributed by atoms with van der Waals surface area (Å²) in [6.45, 7) is -3.56. The van der Waals surface area contributed by atoms with Crippen LogP contribution in [0.3, 0.4) is 0 Å². The zero-order valence-corrected chi connectivity index (χ0v) is 41.7. The Balaban J connectivity index is 2.18. The number of carboxylic acids is 2. The van der Waals surface area contributed by atoms with E-state index >= 15 is 0 Å². The highest BCUT2D eigenvalue weighted by Gasteiger charge is 2.35. The van der Waals surface area contributed by atoms with Crippen molar-refractivity contribution >= 4 is 71.1 Å². The molecule has 0 aromatic heterocycles. The molecule has 1 aliphatic rings. The van der Waals surface area contributed by atoms with E-state index in [0.717, 1.165) is 19.3 Å². The van der Waals surface area contributed by atoms with E-state index < -0.39 is 147 Å². The van der Waals surface area contributed by atoms with Crippen molar-refractivity contribution < 1.29 is 73.2 Å². The van der Waals surface area contributed by atoms with Crippen LogP contribution in [0.1, 0.15) is 82.6 Å². The van der Waals surface area contributed by atoms with Gasteiger partial charge in [-0.1, -0.05) is 68.9 Å². The first-order chi connectivity index (χ1) is 35.7. The third kappa shape index (κ3) is 25.8. The molecule has 21 N–H and O–H groups in total. The van der Waals surface area contributed by atoms with E-state index in [1.54, 1.807) is 30.3 Å². The van der Waals surface area contributed by atoms with E-state index in [1.165, 1.54) is 0 Å². The van der Waals surface area contributed by atoms with Crippen LogP contribution in [0.4, 0.5) is 0 Å². The third-order valence-corrected chi connectivity index (χ3v) is 11.7. The van der Waals surface area contributed by atoms with E-state index in [-0.39, 0.29) is 44.1 Å². The van der Waals surface area contributed by atoms with Crippen molar-refractivity contribution in [2.45, 2.75) is 126 Å². The second-order valence-corrected chi connectivity index (χ2v) is 17.8. The molecule has 9 amide bonds. The van der Waals surface area contributed by atoms with Crippen LogP contribution in [-0.2, 0) is 59.2 Å². The van der Waals surface area contributed by atoms with Gasteiger partial charge < -0.3 is 91.2 Å². The smallest absolute Gasteiger partial charge is 0.326 e. The number of guanidine groups is 1. The van der Waals surface area contributed by atoms with Gasteiger partial charge in [0, 0.05) is 13.0 Å². The topological polar surface area (TPSA) is 493 Å². The number of nitrogens with two attached hydrogens (primary N) is 4. The molecule has 1 aromatic carbocycles. The number of carboxylic acid groups (broad SMARTS) is 2. The second-order valence-electron chi connectivity index (χ2n) is 17.8. The maximum atomic E-state index is 14.3. The largest absolute Gasteiger partial charge is 0.481 e. The number of aliphatic imine (C=N–C) groups is 1. The summed E-state index contributed by atoms with van der Waals surface area (Å²) >= 11 is 0. The standard InChI is InChI=1S/C46H74N14O15/c47-16-8-7-14-28(48)39(68)53-21-35(63)52-22-36(64)56-33(24-61)40(69)54-23-37(65)55-32(20-38(66)67)43(72)59-30(18-26-10-3-1-4-11-26)41(70)58-31(19-27-12-5-2-6-13-27)42(71)60-34(25-62)44(73)57-29(45(74)75)15-9-17-51-46(49)50/h2,5-6,12-13,26,28-34,61-62H,1,3-4,7-11,14-25,47-48H2,(H,52,63)(H,53,68)(H,54,69)(H,55,65)(H,56,64)(H,57,73)(H,58,70)(H,59,72)(H,60,71)(H,66,67)(H,74,75)(H4,49,50,51)/t28-,29+,30-,31-,32-,33-,34+/m0/s1. The fraction of sp³-hybridized carbons (Fsp3) is 0.609. The van der Waals surface area contributed by atoms with Gasteiger partial charge in [-0.2, -0.15) is 0 Å². The van der Waals surface area contributed by atoms with Crippen LogP contribution in [-0.4, -0.2) is 180 Å². The summed E-state index contributed by atoms with van der Waals surface area (Å²) in [6.07, 6.45) is 4.34. The molecule has 0 unspecified atom stereocenters. The Morgan fingerprint density at radius 2 is 1.09 bits per heavy atom. The van der Waals surface area contributed by atoms with Gasteiger partial charge in [0.25, 0.3) is 0 Å². The van der Waals surface area contributed by atoms with Gasteiger partial charge in [0.2, 0.25) is 53.2 Å². The van der Waals surface area contributed by atoms with Crippen LogP contribution in [0.25, 0.3) is 0 Å². The molecule has 0 heterocycles. The van der Waals surface area contributed by atoms with Crippen molar-refractivity contribution in [3.8, 4) is 0 Å². The number of nitrogens with one attached hydrogen (secondary N) is 9. The molecule has 1 fully saturated rings. The van der Waals surface area contributed by atoms with E-state index in [0.29, 0.717) is 44.2 Å². The molecular weight excluding hydrogens is 989 g/mol. The van der Waals surface area contributed by atoms with Crippen LogP contribution >= 0.6 is 0 Å². The average molecular weight is 1060 g/mol. The number of aliphatic carboxylic acids is 2. The average Bonchev–Trinajstić information content (AvgIpc) is 3.37. The maximum Gasteiger partial charge on any atom is 0.326 e. The lowest BCUT2D eigenvalue weighted by Crippen LogP contribution is -2.60. The monoisotopic (exact) mass is 1060 g/mol. The Morgan fingerprint density at radius 1 is 0.573 bits per heavy atom. The van der Waals surface area contributed by atoms with Crippen molar-refractivity contribution in [3.05, 3.63) is 35.9 Å². The van der Waals surface area contributed by atoms with Gasteiger partial charge in [-0.3, -0.25) is 52.9 Å². The first-order valence-corrected chi connectivity index (χ1v) is 24.5. The molecule has 29 heteroatoms. The first-order valence-electron chi connectivity index (χ1n) is 24.5. The highest BCUT2D eigenvalue weighted by molar-refractivity contribution is 5.98. The summed E-state index contributed by atoms with van der Waals surface area (Å²) in [5.74, 6) is -11.9. The van der Waals surface area contributed by atoms with E-state index in [4.69, 9.17) is 22.9 Å². The molecule has 75 heavy (non-hydrogen) atoms. The molecule has 1 saturated carbocycles. The number of hydrogen-bond acceptors (Lipinski definition) is 16. The Bertz CT molecular complexity index is 2110. The van der Waals surface area contributed by atoms with Gasteiger partial charge >= 0.3 is 11.9 Å². The summed E-state index contributed by atoms with van der Waals surface area (Å²) in [7, 11) is 0. The quantitative estimate of drug-likeness (QED) is 0.0171. The number of nitrogens with zero attached hydrogens (tertiary/aromatic N) is 1. The number of carbonyl (C=O) groups excluding carboxylic acids is 9. The molecule has 0 spiro atoms. The Hall–Kier alpha value is -7.50. The van der Waals surface area contributed by atoms with Gasteiger partial charge in [-0.05, 0) is 50.1 Å². The molecule has 0 aliphatic heterocycles. The minimum Gasteiger partial charge on any atom is -0.481 e. The predicted molar refractivity (Wildman–Crippen MR) is 267 cm³/mol. The summed E-state index contributed by atoms with van der Waals surface area (Å²) in [4.78, 5) is 146. The molecular formula is C46H74N14O15. The summed E-state index contributed by atoms with van der Waals surface area (Å²) in [6, 6.07) is -2.11. The molecule has 29 nitrogen and oxygen atoms in total. The summed E-state index contributed by atoms with van der Waals surface area (Å²) in [5, 5.41) is 60.1. The highest BCUT2D eigenvalue weighted by atomic mass is 16.4.